The van der Waals surface area contributed by atoms with Gasteiger partial charge in [0.1, 0.15) is 0 Å². The largest absolute Gasteiger partial charge is 0.352 e. The zero-order chi connectivity index (χ0) is 13.0. The maximum atomic E-state index is 12.0. The fourth-order valence-electron chi connectivity index (χ4n) is 1.97. The van der Waals surface area contributed by atoms with Gasteiger partial charge in [0.25, 0.3) is 5.91 Å². The number of H-pyrrole nitrogens is 1. The van der Waals surface area contributed by atoms with Crippen LogP contribution < -0.4 is 5.32 Å². The van der Waals surface area contributed by atoms with E-state index in [9.17, 15) is 4.79 Å². The number of aromatic nitrogens is 2. The predicted molar refractivity (Wildman–Crippen MR) is 72.5 cm³/mol. The van der Waals surface area contributed by atoms with Gasteiger partial charge in [-0.3, -0.25) is 9.89 Å². The molecule has 0 unspecified atom stereocenters. The molecule has 0 aliphatic heterocycles. The van der Waals surface area contributed by atoms with E-state index in [1.54, 1.807) is 6.20 Å². The summed E-state index contributed by atoms with van der Waals surface area (Å²) in [6, 6.07) is 5.63. The molecule has 0 aliphatic rings. The molecule has 4 nitrogen and oxygen atoms in total. The highest BCUT2D eigenvalue weighted by molar-refractivity contribution is 6.05. The van der Waals surface area contributed by atoms with Crippen molar-refractivity contribution in [2.75, 3.05) is 6.54 Å². The van der Waals surface area contributed by atoms with Crippen molar-refractivity contribution in [2.45, 2.75) is 26.7 Å². The molecule has 1 aromatic carbocycles. The van der Waals surface area contributed by atoms with Gasteiger partial charge in [0.05, 0.1) is 17.3 Å². The molecule has 1 aromatic heterocycles. The summed E-state index contributed by atoms with van der Waals surface area (Å²) in [4.78, 5) is 12.0. The Kier molecular flexibility index (Phi) is 3.97. The summed E-state index contributed by atoms with van der Waals surface area (Å²) in [6.07, 6.45) is 3.88. The molecule has 2 aromatic rings. The lowest BCUT2D eigenvalue weighted by molar-refractivity contribution is 0.0954. The van der Waals surface area contributed by atoms with Crippen molar-refractivity contribution in [1.82, 2.24) is 15.5 Å². The summed E-state index contributed by atoms with van der Waals surface area (Å²) in [5.41, 5.74) is 1.47. The standard InChI is InChI=1S/C14H19N3O/c1-10(2)5-4-8-15-14(18)12-7-3-6-11-9-16-17-13(11)12/h3,6-7,9-10H,4-5,8H2,1-2H3,(H,15,18)(H,16,17). The van der Waals surface area contributed by atoms with Crippen LogP contribution in [0.5, 0.6) is 0 Å². The molecule has 18 heavy (non-hydrogen) atoms. The van der Waals surface area contributed by atoms with Gasteiger partial charge in [0.15, 0.2) is 0 Å². The molecular weight excluding hydrogens is 226 g/mol. The first-order valence-electron chi connectivity index (χ1n) is 6.39. The normalized spacial score (nSPS) is 11.1. The molecule has 2 N–H and O–H groups in total. The molecule has 0 radical (unpaired) electrons. The Bertz CT molecular complexity index is 531. The zero-order valence-electron chi connectivity index (χ0n) is 10.9. The lowest BCUT2D eigenvalue weighted by atomic mass is 10.1. The van der Waals surface area contributed by atoms with Gasteiger partial charge in [-0.25, -0.2) is 0 Å². The smallest absolute Gasteiger partial charge is 0.253 e. The molecule has 96 valence electrons. The maximum absolute atomic E-state index is 12.0. The second-order valence-electron chi connectivity index (χ2n) is 4.93. The van der Waals surface area contributed by atoms with E-state index in [1.165, 1.54) is 0 Å². The molecule has 4 heteroatoms. The van der Waals surface area contributed by atoms with Crippen molar-refractivity contribution in [1.29, 1.82) is 0 Å². The van der Waals surface area contributed by atoms with Gasteiger partial charge in [-0.05, 0) is 24.8 Å². The number of carbonyl (C=O) groups is 1. The average molecular weight is 245 g/mol. The Balaban J connectivity index is 1.98. The Hall–Kier alpha value is -1.84. The molecular formula is C14H19N3O. The summed E-state index contributed by atoms with van der Waals surface area (Å²) < 4.78 is 0. The van der Waals surface area contributed by atoms with E-state index in [0.717, 1.165) is 30.3 Å². The lowest BCUT2D eigenvalue weighted by Crippen LogP contribution is -2.24. The minimum Gasteiger partial charge on any atom is -0.352 e. The van der Waals surface area contributed by atoms with Crippen LogP contribution in [-0.2, 0) is 0 Å². The summed E-state index contributed by atoms with van der Waals surface area (Å²) in [5.74, 6) is 0.645. The maximum Gasteiger partial charge on any atom is 0.253 e. The second-order valence-corrected chi connectivity index (χ2v) is 4.93. The van der Waals surface area contributed by atoms with Gasteiger partial charge >= 0.3 is 0 Å². The number of hydrogen-bond donors (Lipinski definition) is 2. The predicted octanol–water partition coefficient (Wildman–Crippen LogP) is 2.73. The third kappa shape index (κ3) is 2.88. The fraction of sp³-hybridized carbons (Fsp3) is 0.429. The number of para-hydroxylation sites is 1. The monoisotopic (exact) mass is 245 g/mol. The second kappa shape index (κ2) is 5.67. The van der Waals surface area contributed by atoms with Crippen LogP contribution in [0.3, 0.4) is 0 Å². The number of nitrogens with one attached hydrogen (secondary N) is 2. The minimum absolute atomic E-state index is 0.0337. The van der Waals surface area contributed by atoms with Crippen LogP contribution in [0.4, 0.5) is 0 Å². The molecule has 1 heterocycles. The molecule has 0 aliphatic carbocycles. The van der Waals surface area contributed by atoms with Crippen LogP contribution in [0, 0.1) is 5.92 Å². The number of hydrogen-bond acceptors (Lipinski definition) is 2. The van der Waals surface area contributed by atoms with Crippen LogP contribution in [0.15, 0.2) is 24.4 Å². The van der Waals surface area contributed by atoms with Crippen LogP contribution in [-0.4, -0.2) is 22.6 Å². The van der Waals surface area contributed by atoms with Crippen LogP contribution in [0.1, 0.15) is 37.0 Å². The molecule has 2 rings (SSSR count). The molecule has 0 atom stereocenters. The first-order valence-corrected chi connectivity index (χ1v) is 6.39. The van der Waals surface area contributed by atoms with Gasteiger partial charge in [-0.15, -0.1) is 0 Å². The van der Waals surface area contributed by atoms with E-state index in [0.29, 0.717) is 11.5 Å². The molecule has 1 amide bonds. The van der Waals surface area contributed by atoms with Gasteiger partial charge in [0.2, 0.25) is 0 Å². The van der Waals surface area contributed by atoms with Crippen LogP contribution >= 0.6 is 0 Å². The van der Waals surface area contributed by atoms with Gasteiger partial charge < -0.3 is 5.32 Å². The van der Waals surface area contributed by atoms with Gasteiger partial charge in [0, 0.05) is 11.9 Å². The number of rotatable bonds is 5. The average Bonchev–Trinajstić information content (AvgIpc) is 2.82. The number of amides is 1. The number of fused-ring (bicyclic) bond motifs is 1. The number of nitrogens with zero attached hydrogens (tertiary/aromatic N) is 1. The highest BCUT2D eigenvalue weighted by Gasteiger charge is 2.10. The molecule has 0 spiro atoms. The minimum atomic E-state index is -0.0337. The van der Waals surface area contributed by atoms with Crippen LogP contribution in [0.2, 0.25) is 0 Å². The Morgan fingerprint density at radius 3 is 3.06 bits per heavy atom. The first-order chi connectivity index (χ1) is 8.68. The van der Waals surface area contributed by atoms with E-state index in [1.807, 2.05) is 18.2 Å². The van der Waals surface area contributed by atoms with Crippen molar-refractivity contribution in [3.63, 3.8) is 0 Å². The van der Waals surface area contributed by atoms with E-state index in [4.69, 9.17) is 0 Å². The molecule has 0 saturated heterocycles. The summed E-state index contributed by atoms with van der Waals surface area (Å²) in [5, 5.41) is 10.7. The number of aromatic amines is 1. The van der Waals surface area contributed by atoms with Crippen molar-refractivity contribution >= 4 is 16.8 Å². The summed E-state index contributed by atoms with van der Waals surface area (Å²) >= 11 is 0. The van der Waals surface area contributed by atoms with Gasteiger partial charge in [-0.2, -0.15) is 5.10 Å². The third-order valence-electron chi connectivity index (χ3n) is 2.97. The van der Waals surface area contributed by atoms with Crippen molar-refractivity contribution < 1.29 is 4.79 Å². The third-order valence-corrected chi connectivity index (χ3v) is 2.97. The van der Waals surface area contributed by atoms with Crippen molar-refractivity contribution in [2.24, 2.45) is 5.92 Å². The quantitative estimate of drug-likeness (QED) is 0.796. The number of carbonyl (C=O) groups excluding carboxylic acids is 1. The first kappa shape index (κ1) is 12.6. The highest BCUT2D eigenvalue weighted by Crippen LogP contribution is 2.15. The Labute approximate surface area is 107 Å². The number of benzene rings is 1. The topological polar surface area (TPSA) is 57.8 Å². The van der Waals surface area contributed by atoms with Gasteiger partial charge in [-0.1, -0.05) is 26.0 Å². The highest BCUT2D eigenvalue weighted by atomic mass is 16.1. The zero-order valence-corrected chi connectivity index (χ0v) is 10.9. The SMILES string of the molecule is CC(C)CCCNC(=O)c1cccc2cn[nH]c12. The fourth-order valence-corrected chi connectivity index (χ4v) is 1.97. The van der Waals surface area contributed by atoms with Crippen molar-refractivity contribution in [3.8, 4) is 0 Å². The van der Waals surface area contributed by atoms with Crippen molar-refractivity contribution in [3.05, 3.63) is 30.0 Å². The molecule has 0 bridgehead atoms. The van der Waals surface area contributed by atoms with E-state index in [2.05, 4.69) is 29.4 Å². The van der Waals surface area contributed by atoms with E-state index in [-0.39, 0.29) is 5.91 Å². The van der Waals surface area contributed by atoms with Crippen LogP contribution in [0.25, 0.3) is 10.9 Å². The Morgan fingerprint density at radius 2 is 2.28 bits per heavy atom. The summed E-state index contributed by atoms with van der Waals surface area (Å²) in [6.45, 7) is 5.10. The Morgan fingerprint density at radius 1 is 1.44 bits per heavy atom. The van der Waals surface area contributed by atoms with E-state index >= 15 is 0 Å². The molecule has 0 saturated carbocycles. The summed E-state index contributed by atoms with van der Waals surface area (Å²) in [7, 11) is 0. The van der Waals surface area contributed by atoms with E-state index < -0.39 is 0 Å². The lowest BCUT2D eigenvalue weighted by Gasteiger charge is -2.07. The molecule has 0 fully saturated rings.